The quantitative estimate of drug-likeness (QED) is 0.693. The van der Waals surface area contributed by atoms with Crippen LogP contribution in [0.1, 0.15) is 5.82 Å². The van der Waals surface area contributed by atoms with Gasteiger partial charge in [-0.05, 0) is 37.3 Å². The van der Waals surface area contributed by atoms with Crippen LogP contribution >= 0.6 is 11.6 Å². The highest BCUT2D eigenvalue weighted by Crippen LogP contribution is 2.28. The Morgan fingerprint density at radius 1 is 1.28 bits per heavy atom. The van der Waals surface area contributed by atoms with Crippen molar-refractivity contribution in [1.29, 1.82) is 0 Å². The summed E-state index contributed by atoms with van der Waals surface area (Å²) in [6.07, 6.45) is 5.30. The van der Waals surface area contributed by atoms with Gasteiger partial charge in [0, 0.05) is 18.0 Å². The average Bonchev–Trinajstić information content (AvgIpc) is 3.00. The van der Waals surface area contributed by atoms with E-state index < -0.39 is 0 Å². The van der Waals surface area contributed by atoms with Gasteiger partial charge in [-0.25, -0.2) is 4.98 Å². The topological polar surface area (TPSA) is 31.0 Å². The summed E-state index contributed by atoms with van der Waals surface area (Å²) >= 11 is 6.32. The molecule has 1 aromatic carbocycles. The van der Waals surface area contributed by atoms with Gasteiger partial charge in [0.2, 0.25) is 0 Å². The number of aromatic nitrogens is 2. The molecule has 0 N–H and O–H groups in total. The molecule has 3 rings (SSSR count). The van der Waals surface area contributed by atoms with Crippen LogP contribution in [0.25, 0.3) is 17.0 Å². The highest BCUT2D eigenvalue weighted by Gasteiger charge is 2.08. The molecule has 18 heavy (non-hydrogen) atoms. The molecule has 0 bridgehead atoms. The van der Waals surface area contributed by atoms with Gasteiger partial charge in [0.15, 0.2) is 0 Å². The Labute approximate surface area is 110 Å². The van der Waals surface area contributed by atoms with Crippen LogP contribution in [0.2, 0.25) is 5.02 Å². The third-order valence-electron chi connectivity index (χ3n) is 2.84. The smallest absolute Gasteiger partial charge is 0.133 e. The number of hydrogen-bond acceptors (Lipinski definition) is 2. The number of hydrogen-bond donors (Lipinski definition) is 0. The molecule has 2 aromatic heterocycles. The van der Waals surface area contributed by atoms with Crippen molar-refractivity contribution < 1.29 is 4.42 Å². The Bertz CT molecular complexity index is 671. The molecule has 0 aliphatic heterocycles. The van der Waals surface area contributed by atoms with Crippen LogP contribution in [0.4, 0.5) is 0 Å². The second-order valence-electron chi connectivity index (χ2n) is 3.99. The van der Waals surface area contributed by atoms with E-state index in [1.165, 1.54) is 0 Å². The fraction of sp³-hybridized carbons (Fsp3) is 0.0714. The number of benzene rings is 1. The fourth-order valence-corrected chi connectivity index (χ4v) is 2.20. The molecule has 0 spiro atoms. The minimum absolute atomic E-state index is 0.671. The lowest BCUT2D eigenvalue weighted by Crippen LogP contribution is -1.96. The SMILES string of the molecule is Cc1nccn1-c1ccc(-c2ccco2)cc1Cl. The maximum Gasteiger partial charge on any atom is 0.133 e. The Kier molecular flexibility index (Phi) is 2.68. The third kappa shape index (κ3) is 1.83. The van der Waals surface area contributed by atoms with Crippen LogP contribution < -0.4 is 0 Å². The average molecular weight is 259 g/mol. The Balaban J connectivity index is 2.08. The second kappa shape index (κ2) is 4.35. The summed E-state index contributed by atoms with van der Waals surface area (Å²) in [4.78, 5) is 4.19. The molecule has 0 unspecified atom stereocenters. The molecule has 3 nitrogen and oxygen atoms in total. The predicted molar refractivity (Wildman–Crippen MR) is 71.0 cm³/mol. The molecule has 0 aliphatic rings. The lowest BCUT2D eigenvalue weighted by atomic mass is 10.1. The van der Waals surface area contributed by atoms with E-state index in [0.717, 1.165) is 22.8 Å². The predicted octanol–water partition coefficient (Wildman–Crippen LogP) is 4.09. The normalized spacial score (nSPS) is 10.8. The number of aryl methyl sites for hydroxylation is 1. The number of rotatable bonds is 2. The van der Waals surface area contributed by atoms with Crippen LogP contribution in [-0.4, -0.2) is 9.55 Å². The van der Waals surface area contributed by atoms with Crippen LogP contribution in [-0.2, 0) is 0 Å². The van der Waals surface area contributed by atoms with Crippen molar-refractivity contribution in [2.45, 2.75) is 6.92 Å². The van der Waals surface area contributed by atoms with Gasteiger partial charge in [-0.3, -0.25) is 0 Å². The molecule has 0 fully saturated rings. The number of nitrogens with zero attached hydrogens (tertiary/aromatic N) is 2. The van der Waals surface area contributed by atoms with E-state index in [1.807, 2.05) is 48.0 Å². The zero-order valence-electron chi connectivity index (χ0n) is 9.80. The van der Waals surface area contributed by atoms with E-state index >= 15 is 0 Å². The molecule has 0 saturated carbocycles. The number of halogens is 1. The largest absolute Gasteiger partial charge is 0.464 e. The van der Waals surface area contributed by atoms with Crippen LogP contribution in [0.15, 0.2) is 53.4 Å². The van der Waals surface area contributed by atoms with E-state index in [0.29, 0.717) is 5.02 Å². The maximum atomic E-state index is 6.32. The molecular weight excluding hydrogens is 248 g/mol. The lowest BCUT2D eigenvalue weighted by Gasteiger charge is -2.08. The molecular formula is C14H11ClN2O. The van der Waals surface area contributed by atoms with Gasteiger partial charge < -0.3 is 8.98 Å². The van der Waals surface area contributed by atoms with E-state index in [4.69, 9.17) is 16.0 Å². The first kappa shape index (κ1) is 11.1. The van der Waals surface area contributed by atoms with Crippen molar-refractivity contribution in [2.75, 3.05) is 0 Å². The van der Waals surface area contributed by atoms with Gasteiger partial charge in [-0.2, -0.15) is 0 Å². The lowest BCUT2D eigenvalue weighted by molar-refractivity contribution is 0.582. The zero-order valence-corrected chi connectivity index (χ0v) is 10.6. The number of furan rings is 1. The van der Waals surface area contributed by atoms with Crippen LogP contribution in [0.5, 0.6) is 0 Å². The Morgan fingerprint density at radius 2 is 2.17 bits per heavy atom. The monoisotopic (exact) mass is 258 g/mol. The number of imidazole rings is 1. The summed E-state index contributed by atoms with van der Waals surface area (Å²) in [6, 6.07) is 9.62. The summed E-state index contributed by atoms with van der Waals surface area (Å²) < 4.78 is 7.30. The van der Waals surface area contributed by atoms with Crippen molar-refractivity contribution in [3.05, 3.63) is 59.8 Å². The van der Waals surface area contributed by atoms with E-state index in [-0.39, 0.29) is 0 Å². The van der Waals surface area contributed by atoms with Gasteiger partial charge in [0.25, 0.3) is 0 Å². The van der Waals surface area contributed by atoms with Gasteiger partial charge >= 0.3 is 0 Å². The first-order chi connectivity index (χ1) is 8.75. The summed E-state index contributed by atoms with van der Waals surface area (Å²) in [5.74, 6) is 1.72. The van der Waals surface area contributed by atoms with Gasteiger partial charge in [-0.15, -0.1) is 0 Å². The van der Waals surface area contributed by atoms with E-state index in [1.54, 1.807) is 12.5 Å². The maximum absolute atomic E-state index is 6.32. The van der Waals surface area contributed by atoms with E-state index in [9.17, 15) is 0 Å². The first-order valence-corrected chi connectivity index (χ1v) is 5.97. The molecule has 0 amide bonds. The molecule has 0 radical (unpaired) electrons. The highest BCUT2D eigenvalue weighted by molar-refractivity contribution is 6.32. The van der Waals surface area contributed by atoms with Crippen molar-refractivity contribution >= 4 is 11.6 Å². The zero-order chi connectivity index (χ0) is 12.5. The molecule has 90 valence electrons. The Hall–Kier alpha value is -2.00. The van der Waals surface area contributed by atoms with Gasteiger partial charge in [0.1, 0.15) is 11.6 Å². The second-order valence-corrected chi connectivity index (χ2v) is 4.40. The van der Waals surface area contributed by atoms with Crippen molar-refractivity contribution in [3.63, 3.8) is 0 Å². The van der Waals surface area contributed by atoms with Crippen LogP contribution in [0.3, 0.4) is 0 Å². The van der Waals surface area contributed by atoms with Gasteiger partial charge in [-0.1, -0.05) is 11.6 Å². The van der Waals surface area contributed by atoms with Crippen molar-refractivity contribution in [3.8, 4) is 17.0 Å². The molecule has 2 heterocycles. The summed E-state index contributed by atoms with van der Waals surface area (Å²) in [6.45, 7) is 1.94. The van der Waals surface area contributed by atoms with Crippen LogP contribution in [0, 0.1) is 6.92 Å². The summed E-state index contributed by atoms with van der Waals surface area (Å²) in [5, 5.41) is 0.671. The minimum Gasteiger partial charge on any atom is -0.464 e. The Morgan fingerprint density at radius 3 is 2.78 bits per heavy atom. The van der Waals surface area contributed by atoms with Crippen molar-refractivity contribution in [2.24, 2.45) is 0 Å². The standard InChI is InChI=1S/C14H11ClN2O/c1-10-16-6-7-17(10)13-5-4-11(9-12(13)15)14-3-2-8-18-14/h2-9H,1H3. The minimum atomic E-state index is 0.671. The summed E-state index contributed by atoms with van der Waals surface area (Å²) in [7, 11) is 0. The molecule has 0 aliphatic carbocycles. The fourth-order valence-electron chi connectivity index (χ4n) is 1.93. The summed E-state index contributed by atoms with van der Waals surface area (Å²) in [5.41, 5.74) is 1.88. The first-order valence-electron chi connectivity index (χ1n) is 5.59. The highest BCUT2D eigenvalue weighted by atomic mass is 35.5. The molecule has 3 aromatic rings. The molecule has 0 atom stereocenters. The van der Waals surface area contributed by atoms with E-state index in [2.05, 4.69) is 4.98 Å². The third-order valence-corrected chi connectivity index (χ3v) is 3.14. The van der Waals surface area contributed by atoms with Crippen molar-refractivity contribution in [1.82, 2.24) is 9.55 Å². The molecule has 0 saturated heterocycles. The van der Waals surface area contributed by atoms with Gasteiger partial charge in [0.05, 0.1) is 17.0 Å². The molecule has 4 heteroatoms.